The molecule has 0 spiro atoms. The number of hydrogen-bond donors (Lipinski definition) is 1. The molecule has 2 heteroatoms. The molecule has 2 nitrogen and oxygen atoms in total. The van der Waals surface area contributed by atoms with Crippen LogP contribution in [0.5, 0.6) is 5.75 Å². The number of hydrogen-bond acceptors (Lipinski definition) is 2. The Bertz CT molecular complexity index is 367. The van der Waals surface area contributed by atoms with Crippen LogP contribution in [0.4, 0.5) is 0 Å². The van der Waals surface area contributed by atoms with E-state index in [1.54, 1.807) is 0 Å². The summed E-state index contributed by atoms with van der Waals surface area (Å²) in [5.74, 6) is 1.05. The Hall–Kier alpha value is -1.02. The first-order valence-electron chi connectivity index (χ1n) is 6.51. The highest BCUT2D eigenvalue weighted by Crippen LogP contribution is 2.31. The van der Waals surface area contributed by atoms with Gasteiger partial charge in [-0.2, -0.15) is 0 Å². The molecule has 0 radical (unpaired) electrons. The minimum atomic E-state index is 0.400. The fourth-order valence-electron chi connectivity index (χ4n) is 2.18. The third-order valence-corrected chi connectivity index (χ3v) is 3.22. The molecule has 0 fully saturated rings. The van der Waals surface area contributed by atoms with E-state index in [1.165, 1.54) is 12.0 Å². The number of rotatable bonds is 3. The summed E-state index contributed by atoms with van der Waals surface area (Å²) in [4.78, 5) is 0. The smallest absolute Gasteiger partial charge is 0.124 e. The maximum Gasteiger partial charge on any atom is 0.124 e. The van der Waals surface area contributed by atoms with Gasteiger partial charge in [0, 0.05) is 18.0 Å². The lowest BCUT2D eigenvalue weighted by molar-refractivity contribution is 0.247. The van der Waals surface area contributed by atoms with Crippen molar-refractivity contribution in [2.75, 3.05) is 13.2 Å². The van der Waals surface area contributed by atoms with Crippen LogP contribution in [0.1, 0.15) is 45.2 Å². The van der Waals surface area contributed by atoms with Gasteiger partial charge in [0.25, 0.3) is 0 Å². The standard InChI is InChI=1S/C15H23NO/c1-15(2,3)9-10-16-13-8-11-17-14-7-5-4-6-12(13)14/h4-7,13,16H,8-11H2,1-3H3. The van der Waals surface area contributed by atoms with Crippen LogP contribution in [0, 0.1) is 5.41 Å². The molecule has 0 amide bonds. The first-order chi connectivity index (χ1) is 8.06. The molecule has 2 rings (SSSR count). The van der Waals surface area contributed by atoms with Gasteiger partial charge < -0.3 is 10.1 Å². The Morgan fingerprint density at radius 3 is 2.82 bits per heavy atom. The zero-order valence-corrected chi connectivity index (χ0v) is 11.1. The van der Waals surface area contributed by atoms with Crippen molar-refractivity contribution in [1.82, 2.24) is 5.32 Å². The summed E-state index contributed by atoms with van der Waals surface area (Å²) in [6.45, 7) is 8.75. The molecule has 0 saturated heterocycles. The number of para-hydroxylation sites is 1. The molecule has 1 aliphatic heterocycles. The molecule has 0 saturated carbocycles. The Labute approximate surface area is 104 Å². The molecule has 1 unspecified atom stereocenters. The zero-order chi connectivity index (χ0) is 12.3. The van der Waals surface area contributed by atoms with Crippen molar-refractivity contribution < 1.29 is 4.74 Å². The lowest BCUT2D eigenvalue weighted by Gasteiger charge is -2.28. The van der Waals surface area contributed by atoms with Crippen LogP contribution < -0.4 is 10.1 Å². The summed E-state index contributed by atoms with van der Waals surface area (Å²) in [6.07, 6.45) is 2.27. The highest BCUT2D eigenvalue weighted by molar-refractivity contribution is 5.37. The quantitative estimate of drug-likeness (QED) is 0.862. The van der Waals surface area contributed by atoms with Gasteiger partial charge in [0.2, 0.25) is 0 Å². The molecule has 94 valence electrons. The molecular weight excluding hydrogens is 210 g/mol. The highest BCUT2D eigenvalue weighted by Gasteiger charge is 2.20. The van der Waals surface area contributed by atoms with Crippen molar-refractivity contribution in [2.45, 2.75) is 39.7 Å². The normalized spacial score (nSPS) is 19.6. The van der Waals surface area contributed by atoms with Gasteiger partial charge in [-0.25, -0.2) is 0 Å². The number of benzene rings is 1. The third kappa shape index (κ3) is 3.47. The fraction of sp³-hybridized carbons (Fsp3) is 0.600. The van der Waals surface area contributed by atoms with Gasteiger partial charge in [-0.1, -0.05) is 39.0 Å². The Kier molecular flexibility index (Phi) is 3.72. The Morgan fingerprint density at radius 1 is 1.29 bits per heavy atom. The van der Waals surface area contributed by atoms with Crippen LogP contribution in [0.25, 0.3) is 0 Å². The SMILES string of the molecule is CC(C)(C)CCNC1CCOc2ccccc21. The van der Waals surface area contributed by atoms with E-state index in [1.807, 2.05) is 6.07 Å². The summed E-state index contributed by atoms with van der Waals surface area (Å²) in [6, 6.07) is 8.82. The first-order valence-corrected chi connectivity index (χ1v) is 6.51. The topological polar surface area (TPSA) is 21.3 Å². The van der Waals surface area contributed by atoms with E-state index in [2.05, 4.69) is 44.3 Å². The van der Waals surface area contributed by atoms with E-state index in [-0.39, 0.29) is 0 Å². The molecule has 1 heterocycles. The van der Waals surface area contributed by atoms with E-state index in [4.69, 9.17) is 4.74 Å². The van der Waals surface area contributed by atoms with E-state index in [0.717, 1.165) is 25.3 Å². The van der Waals surface area contributed by atoms with Gasteiger partial charge in [0.1, 0.15) is 5.75 Å². The van der Waals surface area contributed by atoms with Crippen molar-refractivity contribution >= 4 is 0 Å². The van der Waals surface area contributed by atoms with E-state index in [0.29, 0.717) is 11.5 Å². The van der Waals surface area contributed by atoms with Gasteiger partial charge in [-0.15, -0.1) is 0 Å². The molecule has 1 atom stereocenters. The van der Waals surface area contributed by atoms with Crippen molar-refractivity contribution in [2.24, 2.45) is 5.41 Å². The fourth-order valence-corrected chi connectivity index (χ4v) is 2.18. The second kappa shape index (κ2) is 5.09. The van der Waals surface area contributed by atoms with Crippen LogP contribution in [-0.2, 0) is 0 Å². The molecule has 1 aromatic rings. The molecule has 0 aromatic heterocycles. The molecule has 1 aromatic carbocycles. The first kappa shape index (κ1) is 12.4. The monoisotopic (exact) mass is 233 g/mol. The van der Waals surface area contributed by atoms with Gasteiger partial charge in [0.05, 0.1) is 6.61 Å². The van der Waals surface area contributed by atoms with E-state index < -0.39 is 0 Å². The summed E-state index contributed by atoms with van der Waals surface area (Å²) in [5, 5.41) is 3.65. The Balaban J connectivity index is 1.95. The summed E-state index contributed by atoms with van der Waals surface area (Å²) < 4.78 is 5.66. The zero-order valence-electron chi connectivity index (χ0n) is 11.1. The van der Waals surface area contributed by atoms with Crippen molar-refractivity contribution in [3.63, 3.8) is 0 Å². The average Bonchev–Trinajstić information content (AvgIpc) is 2.28. The second-order valence-electron chi connectivity index (χ2n) is 5.99. The minimum absolute atomic E-state index is 0.400. The number of fused-ring (bicyclic) bond motifs is 1. The van der Waals surface area contributed by atoms with E-state index in [9.17, 15) is 0 Å². The largest absolute Gasteiger partial charge is 0.493 e. The second-order valence-corrected chi connectivity index (χ2v) is 5.99. The minimum Gasteiger partial charge on any atom is -0.493 e. The predicted octanol–water partition coefficient (Wildman–Crippen LogP) is 3.54. The van der Waals surface area contributed by atoms with Gasteiger partial charge in [0.15, 0.2) is 0 Å². The Morgan fingerprint density at radius 2 is 2.06 bits per heavy atom. The predicted molar refractivity (Wildman–Crippen MR) is 71.4 cm³/mol. The molecule has 0 aliphatic carbocycles. The summed E-state index contributed by atoms with van der Waals surface area (Å²) in [7, 11) is 0. The summed E-state index contributed by atoms with van der Waals surface area (Å²) >= 11 is 0. The van der Waals surface area contributed by atoms with Crippen molar-refractivity contribution in [3.8, 4) is 5.75 Å². The van der Waals surface area contributed by atoms with Gasteiger partial charge >= 0.3 is 0 Å². The molecule has 17 heavy (non-hydrogen) atoms. The van der Waals surface area contributed by atoms with Gasteiger partial charge in [-0.3, -0.25) is 0 Å². The third-order valence-electron chi connectivity index (χ3n) is 3.22. The molecular formula is C15H23NO. The van der Waals surface area contributed by atoms with Crippen LogP contribution in [0.3, 0.4) is 0 Å². The maximum atomic E-state index is 5.66. The van der Waals surface area contributed by atoms with E-state index >= 15 is 0 Å². The lowest BCUT2D eigenvalue weighted by atomic mass is 9.92. The summed E-state index contributed by atoms with van der Waals surface area (Å²) in [5.41, 5.74) is 1.71. The number of ether oxygens (including phenoxy) is 1. The molecule has 1 N–H and O–H groups in total. The van der Waals surface area contributed by atoms with Crippen LogP contribution in [-0.4, -0.2) is 13.2 Å². The number of nitrogens with one attached hydrogen (secondary N) is 1. The molecule has 0 bridgehead atoms. The van der Waals surface area contributed by atoms with Crippen LogP contribution in [0.2, 0.25) is 0 Å². The highest BCUT2D eigenvalue weighted by atomic mass is 16.5. The van der Waals surface area contributed by atoms with Crippen LogP contribution >= 0.6 is 0 Å². The maximum absolute atomic E-state index is 5.66. The van der Waals surface area contributed by atoms with Crippen molar-refractivity contribution in [1.29, 1.82) is 0 Å². The van der Waals surface area contributed by atoms with Crippen LogP contribution in [0.15, 0.2) is 24.3 Å². The average molecular weight is 233 g/mol. The van der Waals surface area contributed by atoms with Gasteiger partial charge in [-0.05, 0) is 24.4 Å². The van der Waals surface area contributed by atoms with Crippen molar-refractivity contribution in [3.05, 3.63) is 29.8 Å². The lowest BCUT2D eigenvalue weighted by Crippen LogP contribution is -2.29. The molecule has 1 aliphatic rings.